The van der Waals surface area contributed by atoms with Crippen LogP contribution in [0.25, 0.3) is 11.0 Å². The Morgan fingerprint density at radius 2 is 1.79 bits per heavy atom. The predicted octanol–water partition coefficient (Wildman–Crippen LogP) is 4.19. The number of carbonyl (C=O) groups is 3. The second-order valence-electron chi connectivity index (χ2n) is 9.46. The third-order valence-corrected chi connectivity index (χ3v) is 6.93. The molecule has 1 aliphatic rings. The Balaban J connectivity index is 1.62. The molecule has 0 spiro atoms. The summed E-state index contributed by atoms with van der Waals surface area (Å²) in [5.74, 6) is -2.28. The maximum atomic E-state index is 15.3. The van der Waals surface area contributed by atoms with E-state index in [0.717, 1.165) is 25.7 Å². The second-order valence-corrected chi connectivity index (χ2v) is 9.46. The molecule has 39 heavy (non-hydrogen) atoms. The van der Waals surface area contributed by atoms with Crippen LogP contribution in [0, 0.1) is 5.82 Å². The predicted molar refractivity (Wildman–Crippen MR) is 142 cm³/mol. The Morgan fingerprint density at radius 1 is 1.05 bits per heavy atom. The van der Waals surface area contributed by atoms with Crippen molar-refractivity contribution in [2.24, 2.45) is 0 Å². The monoisotopic (exact) mass is 529 g/mol. The van der Waals surface area contributed by atoms with Crippen LogP contribution in [-0.2, 0) is 20.9 Å². The molecule has 1 N–H and O–H groups in total. The van der Waals surface area contributed by atoms with Gasteiger partial charge in [0.15, 0.2) is 0 Å². The van der Waals surface area contributed by atoms with Gasteiger partial charge >= 0.3 is 5.97 Å². The average Bonchev–Trinajstić information content (AvgIpc) is 3.62. The lowest BCUT2D eigenvalue weighted by molar-refractivity contribution is -0.127. The number of carbonyl (C=O) groups excluding carboxylic acids is 3. The first kappa shape index (κ1) is 26.0. The van der Waals surface area contributed by atoms with E-state index >= 15 is 4.39 Å². The number of anilines is 1. The van der Waals surface area contributed by atoms with Gasteiger partial charge in [-0.2, -0.15) is 0 Å². The van der Waals surface area contributed by atoms with E-state index in [1.54, 1.807) is 36.4 Å². The van der Waals surface area contributed by atoms with Gasteiger partial charge in [0.1, 0.15) is 23.9 Å². The van der Waals surface area contributed by atoms with Gasteiger partial charge in [0.25, 0.3) is 0 Å². The van der Waals surface area contributed by atoms with Crippen molar-refractivity contribution in [3.63, 3.8) is 0 Å². The number of amides is 2. The van der Waals surface area contributed by atoms with Crippen molar-refractivity contribution in [1.82, 2.24) is 20.3 Å². The van der Waals surface area contributed by atoms with E-state index in [1.165, 1.54) is 41.0 Å². The summed E-state index contributed by atoms with van der Waals surface area (Å²) < 4.78 is 21.6. The van der Waals surface area contributed by atoms with E-state index in [0.29, 0.717) is 11.0 Å². The topological polar surface area (TPSA) is 106 Å². The molecular formula is C29H28FN5O4. The molecule has 1 atom stereocenters. The number of fused-ring (bicyclic) bond motifs is 1. The van der Waals surface area contributed by atoms with Crippen LogP contribution in [0.4, 0.5) is 10.1 Å². The molecule has 200 valence electrons. The number of methoxy groups -OCH3 is 1. The Hall–Kier alpha value is -4.60. The van der Waals surface area contributed by atoms with E-state index < -0.39 is 29.6 Å². The fraction of sp³-hybridized carbons (Fsp3) is 0.276. The highest BCUT2D eigenvalue weighted by molar-refractivity contribution is 6.02. The molecule has 1 aliphatic carbocycles. The lowest BCUT2D eigenvalue weighted by Gasteiger charge is -2.32. The van der Waals surface area contributed by atoms with Gasteiger partial charge in [0, 0.05) is 17.3 Å². The second kappa shape index (κ2) is 11.4. The Bertz CT molecular complexity index is 1510. The molecule has 3 aromatic carbocycles. The summed E-state index contributed by atoms with van der Waals surface area (Å²) in [7, 11) is 1.25. The van der Waals surface area contributed by atoms with E-state index in [-0.39, 0.29) is 29.4 Å². The largest absolute Gasteiger partial charge is 0.465 e. The zero-order valence-corrected chi connectivity index (χ0v) is 21.4. The molecule has 1 heterocycles. The molecule has 0 radical (unpaired) electrons. The number of nitrogens with one attached hydrogen (secondary N) is 1. The molecule has 9 nitrogen and oxygen atoms in total. The molecule has 1 fully saturated rings. The molecule has 0 aliphatic heterocycles. The van der Waals surface area contributed by atoms with Gasteiger partial charge in [-0.25, -0.2) is 13.9 Å². The van der Waals surface area contributed by atoms with Crippen molar-refractivity contribution in [1.29, 1.82) is 0 Å². The summed E-state index contributed by atoms with van der Waals surface area (Å²) >= 11 is 0. The molecule has 0 bridgehead atoms. The van der Waals surface area contributed by atoms with E-state index in [4.69, 9.17) is 4.74 Å². The molecule has 2 amide bonds. The zero-order valence-electron chi connectivity index (χ0n) is 21.4. The maximum absolute atomic E-state index is 15.3. The van der Waals surface area contributed by atoms with Gasteiger partial charge in [-0.15, -0.1) is 5.10 Å². The standard InChI is InChI=1S/C29H28FN5O4/c1-39-29(38)19-9-8-12-21(17-19)35(26(36)18-34-25-16-7-6-15-24(25)32-33-34)27(22-13-4-5-14-23(22)30)28(37)31-20-10-2-3-11-20/h4-9,12-17,20,27H,2-3,10-11,18H2,1H3,(H,31,37). The summed E-state index contributed by atoms with van der Waals surface area (Å²) in [6, 6.07) is 17.8. The Morgan fingerprint density at radius 3 is 2.56 bits per heavy atom. The van der Waals surface area contributed by atoms with Crippen LogP contribution in [0.15, 0.2) is 72.8 Å². The van der Waals surface area contributed by atoms with E-state index in [1.807, 2.05) is 12.1 Å². The third kappa shape index (κ3) is 5.50. The normalized spacial score (nSPS) is 14.2. The lowest BCUT2D eigenvalue weighted by Crippen LogP contribution is -2.47. The summed E-state index contributed by atoms with van der Waals surface area (Å²) in [6.07, 6.45) is 3.59. The van der Waals surface area contributed by atoms with Crippen LogP contribution in [0.1, 0.15) is 47.6 Å². The summed E-state index contributed by atoms with van der Waals surface area (Å²) in [6.45, 7) is -0.273. The smallest absolute Gasteiger partial charge is 0.337 e. The average molecular weight is 530 g/mol. The van der Waals surface area contributed by atoms with Gasteiger partial charge in [-0.1, -0.05) is 54.5 Å². The maximum Gasteiger partial charge on any atom is 0.337 e. The Kier molecular flexibility index (Phi) is 7.62. The minimum atomic E-state index is -1.35. The minimum absolute atomic E-state index is 0.0354. The molecule has 1 aromatic heterocycles. The van der Waals surface area contributed by atoms with Crippen LogP contribution in [0.5, 0.6) is 0 Å². The molecule has 1 saturated carbocycles. The van der Waals surface area contributed by atoms with Gasteiger partial charge in [0.05, 0.1) is 18.2 Å². The van der Waals surface area contributed by atoms with Crippen LogP contribution in [-0.4, -0.2) is 45.9 Å². The van der Waals surface area contributed by atoms with Gasteiger partial charge in [0.2, 0.25) is 11.8 Å². The number of benzene rings is 3. The highest BCUT2D eigenvalue weighted by Gasteiger charge is 2.36. The van der Waals surface area contributed by atoms with Gasteiger partial charge in [-0.05, 0) is 49.2 Å². The molecular weight excluding hydrogens is 501 g/mol. The number of hydrogen-bond acceptors (Lipinski definition) is 6. The molecule has 4 aromatic rings. The zero-order chi connectivity index (χ0) is 27.4. The summed E-state index contributed by atoms with van der Waals surface area (Å²) in [5, 5.41) is 11.3. The first-order valence-corrected chi connectivity index (χ1v) is 12.8. The van der Waals surface area contributed by atoms with Crippen molar-refractivity contribution < 1.29 is 23.5 Å². The molecule has 0 saturated heterocycles. The molecule has 1 unspecified atom stereocenters. The number of esters is 1. The first-order chi connectivity index (χ1) is 19.0. The number of hydrogen-bond donors (Lipinski definition) is 1. The SMILES string of the molecule is COC(=O)c1cccc(N(C(=O)Cn2nnc3ccccc32)C(C(=O)NC2CCCC2)c2ccccc2F)c1. The van der Waals surface area contributed by atoms with Crippen molar-refractivity contribution in [2.75, 3.05) is 12.0 Å². The number of halogens is 1. The number of aromatic nitrogens is 3. The lowest BCUT2D eigenvalue weighted by atomic mass is 10.0. The van der Waals surface area contributed by atoms with Crippen molar-refractivity contribution in [2.45, 2.75) is 44.3 Å². The highest BCUT2D eigenvalue weighted by atomic mass is 19.1. The van der Waals surface area contributed by atoms with Gasteiger partial charge < -0.3 is 10.1 Å². The number of para-hydroxylation sites is 1. The van der Waals surface area contributed by atoms with Crippen molar-refractivity contribution in [3.05, 3.63) is 89.7 Å². The molecule has 10 heteroatoms. The summed E-state index contributed by atoms with van der Waals surface area (Å²) in [5.41, 5.74) is 1.69. The molecule has 5 rings (SSSR count). The number of ether oxygens (including phenoxy) is 1. The Labute approximate surface area is 224 Å². The fourth-order valence-corrected chi connectivity index (χ4v) is 5.02. The minimum Gasteiger partial charge on any atom is -0.465 e. The quantitative estimate of drug-likeness (QED) is 0.343. The van der Waals surface area contributed by atoms with Crippen LogP contribution < -0.4 is 10.2 Å². The van der Waals surface area contributed by atoms with Crippen LogP contribution >= 0.6 is 0 Å². The number of nitrogens with zero attached hydrogens (tertiary/aromatic N) is 4. The third-order valence-electron chi connectivity index (χ3n) is 6.93. The van der Waals surface area contributed by atoms with E-state index in [9.17, 15) is 14.4 Å². The number of rotatable bonds is 8. The van der Waals surface area contributed by atoms with Crippen LogP contribution in [0.3, 0.4) is 0 Å². The van der Waals surface area contributed by atoms with E-state index in [2.05, 4.69) is 15.6 Å². The van der Waals surface area contributed by atoms with Gasteiger partial charge in [-0.3, -0.25) is 14.5 Å². The van der Waals surface area contributed by atoms with Crippen molar-refractivity contribution >= 4 is 34.5 Å². The van der Waals surface area contributed by atoms with Crippen molar-refractivity contribution in [3.8, 4) is 0 Å². The summed E-state index contributed by atoms with van der Waals surface area (Å²) in [4.78, 5) is 41.5. The van der Waals surface area contributed by atoms with Crippen LogP contribution in [0.2, 0.25) is 0 Å². The first-order valence-electron chi connectivity index (χ1n) is 12.8. The fourth-order valence-electron chi connectivity index (χ4n) is 5.02. The highest BCUT2D eigenvalue weighted by Crippen LogP contribution is 2.32.